The Bertz CT molecular complexity index is 3460. The minimum atomic E-state index is -0.750. The Hall–Kier alpha value is -7.48. The number of aryl methyl sites for hydroxylation is 6. The van der Waals surface area contributed by atoms with Gasteiger partial charge in [0.1, 0.15) is 22.8 Å². The van der Waals surface area contributed by atoms with E-state index in [1.54, 1.807) is 0 Å². The first-order chi connectivity index (χ1) is 36.5. The third-order valence-corrected chi connectivity index (χ3v) is 15.5. The summed E-state index contributed by atoms with van der Waals surface area (Å²) >= 11 is -0.750. The third kappa shape index (κ3) is 10.4. The Kier molecular flexibility index (Phi) is 14.2. The number of nitrogens with zero attached hydrogens (tertiary/aromatic N) is 11. The maximum atomic E-state index is 8.29. The van der Waals surface area contributed by atoms with Crippen LogP contribution in [0.4, 0.5) is 11.9 Å². The topological polar surface area (TPSA) is 215 Å². The summed E-state index contributed by atoms with van der Waals surface area (Å²) in [5, 5.41) is 17.6. The van der Waals surface area contributed by atoms with Crippen LogP contribution in [0.2, 0.25) is 0 Å². The molecule has 6 fully saturated rings. The smallest absolute Gasteiger partial charge is 0.335 e. The second-order valence-corrected chi connectivity index (χ2v) is 20.8. The van der Waals surface area contributed by atoms with Crippen molar-refractivity contribution in [3.05, 3.63) is 113 Å². The standard InChI is InChI=1S/C31H33N7O.C25H29N7O.O2S/c1-19-16-32-31(33-23-15-22-11-13-37(17-23)14-12-22)35-29(19)26-18-38(24-7-5-4-6-8-24)30-25(26)9-10-27(34-30)28-20(2)36-39-21(28)3;1-14-11-27-25(28-18-10-17-6-8-32(13-18)9-7-17)30-23(14)20-12-26-24-19(20)4-5-21(29-24)22-15(2)31-33-16(22)3;1-3-2/h4-10,16,18,22-23H,11-15,17H2,1-3H3,(H,32,33,35);4-5,11-12,17-18H,6-10,13H2,1-3H3,(H,26,29)(H,27,28,30);/t23-;18-;/m00./s1. The fourth-order valence-corrected chi connectivity index (χ4v) is 11.8. The zero-order valence-corrected chi connectivity index (χ0v) is 44.1. The molecule has 0 unspecified atom stereocenters. The minimum absolute atomic E-state index is 0.375. The number of para-hydroxylation sites is 1. The largest absolute Gasteiger partial charge is 0.361 e. The van der Waals surface area contributed by atoms with Crippen molar-refractivity contribution >= 4 is 45.5 Å². The summed E-state index contributed by atoms with van der Waals surface area (Å²) in [4.78, 5) is 37.8. The molecule has 0 radical (unpaired) electrons. The van der Waals surface area contributed by atoms with Gasteiger partial charge in [0.05, 0.1) is 45.3 Å². The molecule has 6 aliphatic heterocycles. The lowest BCUT2D eigenvalue weighted by Crippen LogP contribution is -2.35. The Labute approximate surface area is 438 Å². The SMILES string of the molecule is Cc1cnc(N[C@H]2CC3CCN(CC3)C2)nc1-c1c[nH]c2nc(-c3c(C)noc3C)ccc12.Cc1cnc(N[C@H]2CC3CCN(CC3)C2)nc1-c1cn(-c2ccccc2)c2nc(-c3c(C)noc3C)ccc12.O=S=O. The molecule has 0 aliphatic carbocycles. The van der Waals surface area contributed by atoms with Gasteiger partial charge in [0.25, 0.3) is 0 Å². The molecule has 8 aromatic heterocycles. The molecule has 2 atom stereocenters. The Morgan fingerprint density at radius 1 is 0.613 bits per heavy atom. The zero-order valence-electron chi connectivity index (χ0n) is 43.3. The molecule has 15 rings (SSSR count). The molecule has 0 amide bonds. The maximum absolute atomic E-state index is 8.29. The summed E-state index contributed by atoms with van der Waals surface area (Å²) < 4.78 is 29.5. The van der Waals surface area contributed by atoms with Crippen LogP contribution in [0.3, 0.4) is 0 Å². The number of aromatic nitrogens is 10. The summed E-state index contributed by atoms with van der Waals surface area (Å²) in [6, 6.07) is 19.4. The van der Waals surface area contributed by atoms with Crippen LogP contribution in [0.1, 0.15) is 72.6 Å². The van der Waals surface area contributed by atoms with Crippen molar-refractivity contribution in [2.45, 2.75) is 92.2 Å². The van der Waals surface area contributed by atoms with E-state index in [0.717, 1.165) is 132 Å². The van der Waals surface area contributed by atoms with E-state index >= 15 is 0 Å². The van der Waals surface area contributed by atoms with Crippen molar-refractivity contribution < 1.29 is 17.5 Å². The fraction of sp³-hybridized carbons (Fsp3) is 0.393. The lowest BCUT2D eigenvalue weighted by atomic mass is 9.94. The van der Waals surface area contributed by atoms with E-state index < -0.39 is 11.6 Å². The van der Waals surface area contributed by atoms with Crippen LogP contribution in [-0.4, -0.2) is 119 Å². The molecule has 386 valence electrons. The monoisotopic (exact) mass is 1030 g/mol. The minimum Gasteiger partial charge on any atom is -0.361 e. The van der Waals surface area contributed by atoms with Gasteiger partial charge in [0.2, 0.25) is 11.9 Å². The van der Waals surface area contributed by atoms with Crippen molar-refractivity contribution in [1.82, 2.24) is 59.6 Å². The predicted molar refractivity (Wildman–Crippen MR) is 290 cm³/mol. The van der Waals surface area contributed by atoms with E-state index in [-0.39, 0.29) is 0 Å². The van der Waals surface area contributed by atoms with E-state index in [9.17, 15) is 0 Å². The first kappa shape index (κ1) is 49.7. The summed E-state index contributed by atoms with van der Waals surface area (Å²) in [7, 11) is 0. The molecule has 6 aliphatic rings. The number of H-pyrrole nitrogens is 1. The van der Waals surface area contributed by atoms with Gasteiger partial charge < -0.3 is 39.0 Å². The second kappa shape index (κ2) is 21.4. The number of hydrogen-bond donors (Lipinski definition) is 3. The third-order valence-electron chi connectivity index (χ3n) is 15.5. The van der Waals surface area contributed by atoms with Crippen molar-refractivity contribution in [1.29, 1.82) is 0 Å². The number of nitrogens with one attached hydrogen (secondary N) is 3. The van der Waals surface area contributed by atoms with Crippen molar-refractivity contribution in [2.75, 3.05) is 49.9 Å². The van der Waals surface area contributed by atoms with Gasteiger partial charge in [-0.05, 0) is 166 Å². The van der Waals surface area contributed by atoms with Gasteiger partial charge in [-0.3, -0.25) is 0 Å². The number of anilines is 2. The highest BCUT2D eigenvalue weighted by atomic mass is 32.1. The molecule has 18 nitrogen and oxygen atoms in total. The molecule has 4 bridgehead atoms. The van der Waals surface area contributed by atoms with Gasteiger partial charge in [-0.1, -0.05) is 28.5 Å². The number of fused-ring (bicyclic) bond motifs is 10. The summed E-state index contributed by atoms with van der Waals surface area (Å²) in [5.74, 6) is 4.56. The number of aromatic amines is 1. The Balaban J connectivity index is 0.000000155. The maximum Gasteiger partial charge on any atom is 0.335 e. The van der Waals surface area contributed by atoms with E-state index in [4.69, 9.17) is 42.4 Å². The van der Waals surface area contributed by atoms with Crippen molar-refractivity contribution in [3.63, 3.8) is 0 Å². The van der Waals surface area contributed by atoms with Gasteiger partial charge in [0.15, 0.2) is 0 Å². The van der Waals surface area contributed by atoms with Gasteiger partial charge in [-0.2, -0.15) is 8.42 Å². The number of pyridine rings is 2. The van der Waals surface area contributed by atoms with E-state index in [1.807, 2.05) is 70.6 Å². The average Bonchev–Trinajstić information content (AvgIpc) is 4.03. The first-order valence-corrected chi connectivity index (χ1v) is 26.7. The highest BCUT2D eigenvalue weighted by molar-refractivity contribution is 7.51. The van der Waals surface area contributed by atoms with Crippen LogP contribution in [0.25, 0.3) is 72.8 Å². The van der Waals surface area contributed by atoms with Crippen molar-refractivity contribution in [2.24, 2.45) is 11.8 Å². The molecule has 9 aromatic rings. The molecule has 19 heteroatoms. The van der Waals surface area contributed by atoms with Crippen LogP contribution in [0.5, 0.6) is 0 Å². The fourth-order valence-electron chi connectivity index (χ4n) is 11.8. The van der Waals surface area contributed by atoms with E-state index in [2.05, 4.69) is 95.7 Å². The van der Waals surface area contributed by atoms with E-state index in [1.165, 1.54) is 64.7 Å². The van der Waals surface area contributed by atoms with Crippen LogP contribution in [0.15, 0.2) is 88.4 Å². The highest BCUT2D eigenvalue weighted by Crippen LogP contribution is 2.37. The second-order valence-electron chi connectivity index (χ2n) is 20.7. The Morgan fingerprint density at radius 2 is 1.12 bits per heavy atom. The number of rotatable bonds is 9. The van der Waals surface area contributed by atoms with Gasteiger partial charge in [0, 0.05) is 77.5 Å². The lowest BCUT2D eigenvalue weighted by Gasteiger charge is -2.26. The van der Waals surface area contributed by atoms with E-state index in [0.29, 0.717) is 24.0 Å². The number of piperidine rings is 2. The molecular formula is C56H62N14O4S. The average molecular weight is 1030 g/mol. The molecule has 14 heterocycles. The normalized spacial score (nSPS) is 20.9. The zero-order chi connectivity index (χ0) is 51.7. The van der Waals surface area contributed by atoms with Crippen LogP contribution >= 0.6 is 0 Å². The molecule has 3 N–H and O–H groups in total. The Morgan fingerprint density at radius 3 is 1.64 bits per heavy atom. The molecule has 6 saturated heterocycles. The number of benzene rings is 1. The molecule has 0 spiro atoms. The first-order valence-electron chi connectivity index (χ1n) is 26.0. The molecule has 0 saturated carbocycles. The van der Waals surface area contributed by atoms with Crippen LogP contribution in [0, 0.1) is 53.4 Å². The summed E-state index contributed by atoms with van der Waals surface area (Å²) in [5.41, 5.74) is 14.0. The lowest BCUT2D eigenvalue weighted by molar-refractivity contribution is 0.223. The highest BCUT2D eigenvalue weighted by Gasteiger charge is 2.31. The number of hydrogen-bond acceptors (Lipinski definition) is 16. The molecule has 75 heavy (non-hydrogen) atoms. The van der Waals surface area contributed by atoms with Gasteiger partial charge in [-0.25, -0.2) is 29.9 Å². The van der Waals surface area contributed by atoms with Crippen LogP contribution in [-0.2, 0) is 11.6 Å². The predicted octanol–water partition coefficient (Wildman–Crippen LogP) is 9.79. The van der Waals surface area contributed by atoms with Crippen molar-refractivity contribution in [3.8, 4) is 50.7 Å². The van der Waals surface area contributed by atoms with Crippen LogP contribution < -0.4 is 10.6 Å². The summed E-state index contributed by atoms with van der Waals surface area (Å²) in [6.45, 7) is 18.9. The summed E-state index contributed by atoms with van der Waals surface area (Å²) in [6.07, 6.45) is 15.6. The quantitative estimate of drug-likeness (QED) is 0.123. The van der Waals surface area contributed by atoms with Gasteiger partial charge in [-0.15, -0.1) is 0 Å². The van der Waals surface area contributed by atoms with Gasteiger partial charge >= 0.3 is 11.6 Å². The molecule has 1 aromatic carbocycles. The molecular weight excluding hydrogens is 965 g/mol.